The molecule has 264 valence electrons. The molecular weight excluding hydrogens is 683 g/mol. The van der Waals surface area contributed by atoms with E-state index in [0.717, 1.165) is 78.8 Å². The molecule has 3 heterocycles. The summed E-state index contributed by atoms with van der Waals surface area (Å²) in [5.41, 5.74) is 13.5. The highest BCUT2D eigenvalue weighted by atomic mass is 15.1. The molecule has 0 saturated carbocycles. The van der Waals surface area contributed by atoms with E-state index in [1.54, 1.807) is 0 Å². The van der Waals surface area contributed by atoms with Crippen LogP contribution in [0.5, 0.6) is 0 Å². The summed E-state index contributed by atoms with van der Waals surface area (Å²) in [5.74, 6) is 0.807. The molecule has 0 unspecified atom stereocenters. The molecule has 0 aliphatic rings. The van der Waals surface area contributed by atoms with Gasteiger partial charge in [0, 0.05) is 46.0 Å². The molecule has 0 aliphatic heterocycles. The van der Waals surface area contributed by atoms with E-state index in [4.69, 9.17) is 15.0 Å². The number of fused-ring (bicyclic) bond motifs is 2. The lowest BCUT2D eigenvalue weighted by Gasteiger charge is -2.27. The van der Waals surface area contributed by atoms with Crippen molar-refractivity contribution in [2.45, 2.75) is 0 Å². The Hall–Kier alpha value is -7.63. The molecule has 7 aromatic carbocycles. The fourth-order valence-electron chi connectivity index (χ4n) is 7.51. The molecule has 5 nitrogen and oxygen atoms in total. The average molecular weight is 718 g/mol. The number of benzene rings is 7. The van der Waals surface area contributed by atoms with Crippen LogP contribution < -0.4 is 4.90 Å². The third kappa shape index (κ3) is 6.17. The maximum Gasteiger partial charge on any atom is 0.164 e. The van der Waals surface area contributed by atoms with Crippen molar-refractivity contribution in [3.63, 3.8) is 0 Å². The zero-order valence-corrected chi connectivity index (χ0v) is 30.4. The highest BCUT2D eigenvalue weighted by molar-refractivity contribution is 5.99. The summed E-state index contributed by atoms with van der Waals surface area (Å²) in [6.45, 7) is 0. The van der Waals surface area contributed by atoms with E-state index >= 15 is 0 Å². The maximum atomic E-state index is 4.96. The molecule has 5 heteroatoms. The zero-order valence-electron chi connectivity index (χ0n) is 30.4. The molecular formula is C51H35N5. The minimum Gasteiger partial charge on any atom is -0.310 e. The molecule has 0 radical (unpaired) electrons. The van der Waals surface area contributed by atoms with Gasteiger partial charge in [0.05, 0.1) is 22.4 Å². The third-order valence-electron chi connectivity index (χ3n) is 10.3. The lowest BCUT2D eigenvalue weighted by Crippen LogP contribution is -2.10. The average Bonchev–Trinajstić information content (AvgIpc) is 3.68. The second-order valence-corrected chi connectivity index (χ2v) is 13.8. The molecule has 3 aromatic heterocycles. The number of hydrogen-bond donors (Lipinski definition) is 0. The summed E-state index contributed by atoms with van der Waals surface area (Å²) in [4.78, 5) is 17.0. The van der Waals surface area contributed by atoms with Gasteiger partial charge in [0.15, 0.2) is 5.82 Å². The first-order chi connectivity index (χ1) is 27.8. The van der Waals surface area contributed by atoms with E-state index in [1.807, 2.05) is 54.9 Å². The Labute approximate surface area is 325 Å². The Balaban J connectivity index is 0.880. The largest absolute Gasteiger partial charge is 0.310 e. The lowest BCUT2D eigenvalue weighted by atomic mass is 10.00. The SMILES string of the molecule is c1ccc(N(c2ccc(-c3ccc(-c4ccc(-c5ccc(-c6nc7ccccc7n6-c6ccccc6)nc5)nc4)cc3)cc2)c2cccc3ccccc23)cc1. The predicted molar refractivity (Wildman–Crippen MR) is 231 cm³/mol. The van der Waals surface area contributed by atoms with Crippen molar-refractivity contribution in [2.75, 3.05) is 4.90 Å². The minimum atomic E-state index is 0.804. The number of aromatic nitrogens is 4. The molecule has 0 saturated heterocycles. The standard InChI is InChI=1S/C51H35N5/c1-3-14-42(15-4-1)55(49-21-11-13-39-12-7-8-18-45(39)49)44-30-26-37(27-31-44)36-22-24-38(25-23-36)40-28-32-46(52-34-40)41-29-33-48(53-35-41)51-54-47-19-9-10-20-50(47)56(51)43-16-5-2-6-17-43/h1-35H. The van der Waals surface area contributed by atoms with E-state index in [1.165, 1.54) is 10.8 Å². The number of rotatable bonds is 8. The molecule has 10 aromatic rings. The Morgan fingerprint density at radius 2 is 0.946 bits per heavy atom. The van der Waals surface area contributed by atoms with Crippen LogP contribution in [0, 0.1) is 0 Å². The summed E-state index contributed by atoms with van der Waals surface area (Å²) < 4.78 is 2.16. The van der Waals surface area contributed by atoms with Gasteiger partial charge < -0.3 is 4.90 Å². The van der Waals surface area contributed by atoms with Crippen LogP contribution in [0.15, 0.2) is 213 Å². The number of nitrogens with zero attached hydrogens (tertiary/aromatic N) is 5. The predicted octanol–water partition coefficient (Wildman–Crippen LogP) is 13.1. The van der Waals surface area contributed by atoms with E-state index in [0.29, 0.717) is 0 Å². The van der Waals surface area contributed by atoms with Crippen LogP contribution in [0.3, 0.4) is 0 Å². The van der Waals surface area contributed by atoms with Gasteiger partial charge in [0.2, 0.25) is 0 Å². The fourth-order valence-corrected chi connectivity index (χ4v) is 7.51. The lowest BCUT2D eigenvalue weighted by molar-refractivity contribution is 1.08. The molecule has 0 spiro atoms. The van der Waals surface area contributed by atoms with E-state index < -0.39 is 0 Å². The van der Waals surface area contributed by atoms with Crippen molar-refractivity contribution in [1.29, 1.82) is 0 Å². The van der Waals surface area contributed by atoms with Crippen LogP contribution in [0.4, 0.5) is 17.1 Å². The Kier molecular flexibility index (Phi) is 8.43. The third-order valence-corrected chi connectivity index (χ3v) is 10.3. The van der Waals surface area contributed by atoms with Gasteiger partial charge in [-0.05, 0) is 94.9 Å². The Morgan fingerprint density at radius 1 is 0.393 bits per heavy atom. The van der Waals surface area contributed by atoms with Crippen molar-refractivity contribution < 1.29 is 0 Å². The van der Waals surface area contributed by atoms with Crippen molar-refractivity contribution in [1.82, 2.24) is 19.5 Å². The molecule has 0 atom stereocenters. The van der Waals surface area contributed by atoms with Gasteiger partial charge in [-0.15, -0.1) is 0 Å². The fraction of sp³-hybridized carbons (Fsp3) is 0. The van der Waals surface area contributed by atoms with Crippen LogP contribution in [0.2, 0.25) is 0 Å². The second-order valence-electron chi connectivity index (χ2n) is 13.8. The van der Waals surface area contributed by atoms with Crippen molar-refractivity contribution in [3.05, 3.63) is 213 Å². The topological polar surface area (TPSA) is 46.8 Å². The molecule has 0 aliphatic carbocycles. The molecule has 0 bridgehead atoms. The van der Waals surface area contributed by atoms with Crippen LogP contribution in [0.25, 0.3) is 72.5 Å². The van der Waals surface area contributed by atoms with Gasteiger partial charge in [0.1, 0.15) is 5.69 Å². The quantitative estimate of drug-likeness (QED) is 0.157. The van der Waals surface area contributed by atoms with Gasteiger partial charge in [-0.25, -0.2) is 4.98 Å². The molecule has 0 fully saturated rings. The first-order valence-corrected chi connectivity index (χ1v) is 18.8. The Bertz CT molecular complexity index is 2910. The van der Waals surface area contributed by atoms with Crippen molar-refractivity contribution in [3.8, 4) is 50.7 Å². The Morgan fingerprint density at radius 3 is 1.68 bits per heavy atom. The van der Waals surface area contributed by atoms with Crippen LogP contribution >= 0.6 is 0 Å². The van der Waals surface area contributed by atoms with Gasteiger partial charge in [-0.3, -0.25) is 14.5 Å². The second kappa shape index (κ2) is 14.3. The molecule has 0 N–H and O–H groups in total. The van der Waals surface area contributed by atoms with Crippen molar-refractivity contribution in [2.24, 2.45) is 0 Å². The number of anilines is 3. The summed E-state index contributed by atoms with van der Waals surface area (Å²) >= 11 is 0. The maximum absolute atomic E-state index is 4.96. The van der Waals surface area contributed by atoms with E-state index in [2.05, 4.69) is 167 Å². The van der Waals surface area contributed by atoms with Gasteiger partial charge in [-0.1, -0.05) is 127 Å². The number of hydrogen-bond acceptors (Lipinski definition) is 4. The van der Waals surface area contributed by atoms with Crippen LogP contribution in [-0.4, -0.2) is 19.5 Å². The van der Waals surface area contributed by atoms with Gasteiger partial charge >= 0.3 is 0 Å². The molecule has 10 rings (SSSR count). The van der Waals surface area contributed by atoms with E-state index in [-0.39, 0.29) is 0 Å². The number of para-hydroxylation sites is 4. The monoisotopic (exact) mass is 717 g/mol. The normalized spacial score (nSPS) is 11.2. The molecule has 0 amide bonds. The summed E-state index contributed by atoms with van der Waals surface area (Å²) in [6, 6.07) is 69.9. The van der Waals surface area contributed by atoms with Crippen molar-refractivity contribution >= 4 is 38.9 Å². The van der Waals surface area contributed by atoms with Crippen LogP contribution in [-0.2, 0) is 0 Å². The summed E-state index contributed by atoms with van der Waals surface area (Å²) in [5, 5.41) is 2.43. The van der Waals surface area contributed by atoms with Gasteiger partial charge in [-0.2, -0.15) is 0 Å². The number of imidazole rings is 1. The first kappa shape index (κ1) is 33.0. The number of pyridine rings is 2. The van der Waals surface area contributed by atoms with E-state index in [9.17, 15) is 0 Å². The highest BCUT2D eigenvalue weighted by Crippen LogP contribution is 2.39. The summed E-state index contributed by atoms with van der Waals surface area (Å²) in [6.07, 6.45) is 3.82. The molecule has 56 heavy (non-hydrogen) atoms. The zero-order chi connectivity index (χ0) is 37.3. The smallest absolute Gasteiger partial charge is 0.164 e. The highest BCUT2D eigenvalue weighted by Gasteiger charge is 2.17. The van der Waals surface area contributed by atoms with Gasteiger partial charge in [0.25, 0.3) is 0 Å². The summed E-state index contributed by atoms with van der Waals surface area (Å²) in [7, 11) is 0. The first-order valence-electron chi connectivity index (χ1n) is 18.8. The minimum absolute atomic E-state index is 0.804. The van der Waals surface area contributed by atoms with Crippen LogP contribution in [0.1, 0.15) is 0 Å².